The number of hydrogen-bond donors (Lipinski definition) is 4. The Morgan fingerprint density at radius 2 is 1.91 bits per heavy atom. The van der Waals surface area contributed by atoms with Gasteiger partial charge >= 0.3 is 0 Å². The summed E-state index contributed by atoms with van der Waals surface area (Å²) in [7, 11) is 1.63. The van der Waals surface area contributed by atoms with E-state index >= 15 is 0 Å². The van der Waals surface area contributed by atoms with Gasteiger partial charge < -0.3 is 15.4 Å². The minimum absolute atomic E-state index is 0.0274. The molecular formula is C24H29N5O3. The van der Waals surface area contributed by atoms with Crippen molar-refractivity contribution < 1.29 is 14.3 Å². The van der Waals surface area contributed by atoms with Crippen LogP contribution >= 0.6 is 0 Å². The monoisotopic (exact) mass is 435 g/mol. The molecule has 5 atom stereocenters. The van der Waals surface area contributed by atoms with Gasteiger partial charge in [0.25, 0.3) is 0 Å². The summed E-state index contributed by atoms with van der Waals surface area (Å²) >= 11 is 0. The van der Waals surface area contributed by atoms with Crippen LogP contribution in [0, 0.1) is 11.8 Å². The third-order valence-electron chi connectivity index (χ3n) is 6.92. The van der Waals surface area contributed by atoms with E-state index in [4.69, 9.17) is 4.74 Å². The van der Waals surface area contributed by atoms with Gasteiger partial charge in [-0.25, -0.2) is 10.4 Å². The third kappa shape index (κ3) is 3.97. The van der Waals surface area contributed by atoms with Crippen LogP contribution in [-0.2, 0) is 16.1 Å². The number of carbonyl (C=O) groups excluding carboxylic acids is 2. The molecule has 0 aromatic heterocycles. The topological polar surface area (TPSA) is 94.7 Å². The molecule has 2 aromatic carbocycles. The van der Waals surface area contributed by atoms with Crippen LogP contribution in [0.1, 0.15) is 36.4 Å². The van der Waals surface area contributed by atoms with E-state index in [2.05, 4.69) is 38.7 Å². The summed E-state index contributed by atoms with van der Waals surface area (Å²) < 4.78 is 5.18. The lowest BCUT2D eigenvalue weighted by Crippen LogP contribution is -2.65. The second kappa shape index (κ2) is 8.90. The van der Waals surface area contributed by atoms with Crippen molar-refractivity contribution in [1.29, 1.82) is 0 Å². The lowest BCUT2D eigenvalue weighted by molar-refractivity contribution is -0.143. The van der Waals surface area contributed by atoms with E-state index < -0.39 is 0 Å². The third-order valence-corrected chi connectivity index (χ3v) is 6.92. The van der Waals surface area contributed by atoms with Crippen LogP contribution < -0.4 is 26.3 Å². The number of nitrogens with one attached hydrogen (secondary N) is 4. The number of hydrazine groups is 2. The zero-order chi connectivity index (χ0) is 22.1. The van der Waals surface area contributed by atoms with Crippen molar-refractivity contribution in [2.45, 2.75) is 44.1 Å². The second-order valence-electron chi connectivity index (χ2n) is 8.75. The number of methoxy groups -OCH3 is 1. The Bertz CT molecular complexity index is 967. The minimum Gasteiger partial charge on any atom is -0.497 e. The van der Waals surface area contributed by atoms with Gasteiger partial charge in [-0.05, 0) is 42.5 Å². The first kappa shape index (κ1) is 20.9. The van der Waals surface area contributed by atoms with Crippen molar-refractivity contribution in [3.63, 3.8) is 0 Å². The molecule has 0 radical (unpaired) electrons. The van der Waals surface area contributed by atoms with Gasteiger partial charge in [0.05, 0.1) is 19.1 Å². The van der Waals surface area contributed by atoms with Crippen molar-refractivity contribution in [2.75, 3.05) is 7.11 Å². The molecule has 0 bridgehead atoms. The number of nitrogens with zero attached hydrogens (tertiary/aromatic N) is 1. The maximum atomic E-state index is 12.9. The Labute approximate surface area is 187 Å². The predicted octanol–water partition coefficient (Wildman–Crippen LogP) is 1.62. The van der Waals surface area contributed by atoms with Crippen molar-refractivity contribution in [2.24, 2.45) is 11.8 Å². The van der Waals surface area contributed by atoms with E-state index in [0.29, 0.717) is 19.4 Å². The van der Waals surface area contributed by atoms with Crippen LogP contribution in [0.2, 0.25) is 0 Å². The Kier molecular flexibility index (Phi) is 5.82. The normalized spacial score (nSPS) is 29.5. The molecule has 32 heavy (non-hydrogen) atoms. The van der Waals surface area contributed by atoms with E-state index in [9.17, 15) is 9.59 Å². The van der Waals surface area contributed by atoms with Crippen LogP contribution in [0.3, 0.4) is 0 Å². The number of amides is 2. The van der Waals surface area contributed by atoms with E-state index in [1.165, 1.54) is 0 Å². The van der Waals surface area contributed by atoms with Crippen molar-refractivity contribution in [1.82, 2.24) is 26.6 Å². The maximum Gasteiger partial charge on any atom is 0.226 e. The van der Waals surface area contributed by atoms with Crippen LogP contribution in [0.15, 0.2) is 54.6 Å². The molecule has 1 saturated carbocycles. The average molecular weight is 436 g/mol. The number of fused-ring (bicyclic) bond motifs is 3. The van der Waals surface area contributed by atoms with Gasteiger partial charge in [0.15, 0.2) is 0 Å². The van der Waals surface area contributed by atoms with Crippen LogP contribution in [0.5, 0.6) is 5.75 Å². The molecule has 8 nitrogen and oxygen atoms in total. The number of hydrogen-bond acceptors (Lipinski definition) is 6. The molecule has 2 saturated heterocycles. The largest absolute Gasteiger partial charge is 0.497 e. The standard InChI is InChI=1S/C24H29N5O3/c1-32-18-10-7-15(8-11-18)14-25-23(30)17-9-12-19-20(13-17)29-22(26-24(19)31)21(27-28-29)16-5-3-2-4-6-16/h2-8,10-11,17,19-22,27-28H,9,12-14H2,1H3,(H,25,30)(H,26,31). The molecule has 2 heterocycles. The molecule has 8 heteroatoms. The number of ether oxygens (including phenoxy) is 1. The molecular weight excluding hydrogens is 406 g/mol. The fourth-order valence-corrected chi connectivity index (χ4v) is 5.15. The smallest absolute Gasteiger partial charge is 0.226 e. The molecule has 4 N–H and O–H groups in total. The van der Waals surface area contributed by atoms with Gasteiger partial charge in [-0.15, -0.1) is 0 Å². The Morgan fingerprint density at radius 1 is 1.12 bits per heavy atom. The highest BCUT2D eigenvalue weighted by Gasteiger charge is 2.51. The minimum atomic E-state index is -0.188. The van der Waals surface area contributed by atoms with Crippen LogP contribution in [-0.4, -0.2) is 36.1 Å². The molecule has 168 valence electrons. The quantitative estimate of drug-likeness (QED) is 0.570. The summed E-state index contributed by atoms with van der Waals surface area (Å²) in [4.78, 5) is 25.8. The Balaban J connectivity index is 1.24. The number of benzene rings is 2. The molecule has 5 unspecified atom stereocenters. The van der Waals surface area contributed by atoms with Crippen molar-refractivity contribution in [3.8, 4) is 5.75 Å². The second-order valence-corrected chi connectivity index (χ2v) is 8.75. The molecule has 1 aliphatic carbocycles. The highest BCUT2D eigenvalue weighted by Crippen LogP contribution is 2.38. The van der Waals surface area contributed by atoms with Gasteiger partial charge in [0.1, 0.15) is 11.9 Å². The summed E-state index contributed by atoms with van der Waals surface area (Å²) in [5.41, 5.74) is 8.74. The molecule has 3 aliphatic rings. The van der Waals surface area contributed by atoms with Gasteiger partial charge in [-0.3, -0.25) is 9.59 Å². The lowest BCUT2D eigenvalue weighted by atomic mass is 9.75. The predicted molar refractivity (Wildman–Crippen MR) is 119 cm³/mol. The molecule has 2 aromatic rings. The summed E-state index contributed by atoms with van der Waals surface area (Å²) in [6.07, 6.45) is 1.89. The Hall–Kier alpha value is -2.94. The first-order valence-electron chi connectivity index (χ1n) is 11.2. The number of rotatable bonds is 5. The van der Waals surface area contributed by atoms with E-state index in [-0.39, 0.29) is 41.9 Å². The molecule has 0 spiro atoms. The van der Waals surface area contributed by atoms with Gasteiger partial charge in [0, 0.05) is 18.5 Å². The van der Waals surface area contributed by atoms with Crippen LogP contribution in [0.25, 0.3) is 0 Å². The summed E-state index contributed by atoms with van der Waals surface area (Å²) in [5, 5.41) is 8.35. The van der Waals surface area contributed by atoms with Gasteiger partial charge in [-0.1, -0.05) is 42.5 Å². The highest BCUT2D eigenvalue weighted by atomic mass is 16.5. The Morgan fingerprint density at radius 3 is 2.66 bits per heavy atom. The van der Waals surface area contributed by atoms with Crippen molar-refractivity contribution >= 4 is 11.8 Å². The van der Waals surface area contributed by atoms with Crippen molar-refractivity contribution in [3.05, 3.63) is 65.7 Å². The SMILES string of the molecule is COc1ccc(CNC(=O)C2CCC3C(=O)NC4C(c5ccccc5)NNN4C3C2)cc1. The summed E-state index contributed by atoms with van der Waals surface area (Å²) in [6.45, 7) is 0.482. The maximum absolute atomic E-state index is 12.9. The number of carbonyl (C=O) groups is 2. The molecule has 3 fully saturated rings. The van der Waals surface area contributed by atoms with Gasteiger partial charge in [-0.2, -0.15) is 5.53 Å². The zero-order valence-electron chi connectivity index (χ0n) is 18.1. The molecule has 2 aliphatic heterocycles. The van der Waals surface area contributed by atoms with E-state index in [0.717, 1.165) is 23.3 Å². The highest BCUT2D eigenvalue weighted by molar-refractivity contribution is 5.83. The lowest BCUT2D eigenvalue weighted by Gasteiger charge is -2.46. The van der Waals surface area contributed by atoms with Gasteiger partial charge in [0.2, 0.25) is 11.8 Å². The fraction of sp³-hybridized carbons (Fsp3) is 0.417. The fourth-order valence-electron chi connectivity index (χ4n) is 5.15. The molecule has 2 amide bonds. The summed E-state index contributed by atoms with van der Waals surface area (Å²) in [5.74, 6) is 0.705. The van der Waals surface area contributed by atoms with E-state index in [1.54, 1.807) is 7.11 Å². The van der Waals surface area contributed by atoms with E-state index in [1.807, 2.05) is 42.5 Å². The van der Waals surface area contributed by atoms with Crippen LogP contribution in [0.4, 0.5) is 0 Å². The summed E-state index contributed by atoms with van der Waals surface area (Å²) in [6, 6.07) is 17.7. The first-order chi connectivity index (χ1) is 15.6. The zero-order valence-corrected chi connectivity index (χ0v) is 18.1. The first-order valence-corrected chi connectivity index (χ1v) is 11.2. The molecule has 5 rings (SSSR count). The average Bonchev–Trinajstić information content (AvgIpc) is 3.27.